The molecule has 0 spiro atoms. The van der Waals surface area contributed by atoms with Crippen molar-refractivity contribution in [3.63, 3.8) is 0 Å². The molecule has 4 rings (SSSR count). The molecule has 1 atom stereocenters. The smallest absolute Gasteiger partial charge is 0.416 e. The van der Waals surface area contributed by atoms with E-state index in [9.17, 15) is 23.1 Å². The second-order valence-electron chi connectivity index (χ2n) is 10.1. The van der Waals surface area contributed by atoms with Gasteiger partial charge in [0.2, 0.25) is 9.84 Å². The highest BCUT2D eigenvalue weighted by atomic mass is 32.2. The molecular formula is C27H29N7O6S. The quantitative estimate of drug-likeness (QED) is 0.297. The molecule has 0 saturated carbocycles. The molecule has 214 valence electrons. The van der Waals surface area contributed by atoms with Gasteiger partial charge in [0.15, 0.2) is 4.87 Å². The molecule has 3 aromatic heterocycles. The summed E-state index contributed by atoms with van der Waals surface area (Å²) < 4.78 is 35.0. The van der Waals surface area contributed by atoms with Gasteiger partial charge < -0.3 is 15.6 Å². The van der Waals surface area contributed by atoms with Gasteiger partial charge in [-0.2, -0.15) is 5.10 Å². The van der Waals surface area contributed by atoms with Crippen LogP contribution in [0.5, 0.6) is 0 Å². The Morgan fingerprint density at radius 3 is 2.37 bits per heavy atom. The third-order valence-electron chi connectivity index (χ3n) is 5.86. The number of rotatable bonds is 9. The van der Waals surface area contributed by atoms with E-state index in [0.717, 1.165) is 4.90 Å². The second-order valence-corrected chi connectivity index (χ2v) is 12.3. The van der Waals surface area contributed by atoms with Crippen molar-refractivity contribution in [3.8, 4) is 5.69 Å². The number of anilines is 1. The van der Waals surface area contributed by atoms with Gasteiger partial charge in [-0.05, 0) is 62.7 Å². The van der Waals surface area contributed by atoms with Crippen LogP contribution in [0.25, 0.3) is 5.69 Å². The van der Waals surface area contributed by atoms with Gasteiger partial charge in [-0.25, -0.2) is 27.9 Å². The summed E-state index contributed by atoms with van der Waals surface area (Å²) >= 11 is 0. The topological polar surface area (TPSA) is 183 Å². The molecular weight excluding hydrogens is 550 g/mol. The fraction of sp³-hybridized carbons (Fsp3) is 0.259. The van der Waals surface area contributed by atoms with Crippen molar-refractivity contribution < 1.29 is 27.9 Å². The molecule has 1 aromatic carbocycles. The molecule has 41 heavy (non-hydrogen) atoms. The summed E-state index contributed by atoms with van der Waals surface area (Å²) in [4.78, 5) is 35.3. The third kappa shape index (κ3) is 6.56. The van der Waals surface area contributed by atoms with E-state index in [0.29, 0.717) is 11.3 Å². The van der Waals surface area contributed by atoms with Gasteiger partial charge in [-0.1, -0.05) is 18.2 Å². The molecule has 0 radical (unpaired) electrons. The van der Waals surface area contributed by atoms with Crippen molar-refractivity contribution in [1.29, 1.82) is 0 Å². The Hall–Kier alpha value is -4.69. The summed E-state index contributed by atoms with van der Waals surface area (Å²) in [6.45, 7) is 4.12. The predicted octanol–water partition coefficient (Wildman–Crippen LogP) is 2.71. The lowest BCUT2D eigenvalue weighted by atomic mass is 10.0. The second kappa shape index (κ2) is 11.4. The van der Waals surface area contributed by atoms with E-state index in [1.54, 1.807) is 49.7 Å². The van der Waals surface area contributed by atoms with Crippen molar-refractivity contribution in [2.24, 2.45) is 5.73 Å². The van der Waals surface area contributed by atoms with E-state index in [-0.39, 0.29) is 22.8 Å². The number of carbonyl (C=O) groups is 2. The molecule has 0 bridgehead atoms. The van der Waals surface area contributed by atoms with Gasteiger partial charge in [0.05, 0.1) is 16.3 Å². The third-order valence-corrected chi connectivity index (χ3v) is 8.04. The minimum Gasteiger partial charge on any atom is -0.480 e. The average Bonchev–Trinajstić information content (AvgIpc) is 3.47. The lowest BCUT2D eigenvalue weighted by Crippen LogP contribution is -2.48. The predicted molar refractivity (Wildman–Crippen MR) is 148 cm³/mol. The van der Waals surface area contributed by atoms with Gasteiger partial charge >= 0.3 is 12.1 Å². The van der Waals surface area contributed by atoms with Crippen molar-refractivity contribution in [2.75, 3.05) is 11.4 Å². The monoisotopic (exact) mass is 579 g/mol. The van der Waals surface area contributed by atoms with E-state index >= 15 is 0 Å². The molecule has 4 aromatic rings. The van der Waals surface area contributed by atoms with Crippen molar-refractivity contribution >= 4 is 27.7 Å². The molecule has 0 aliphatic carbocycles. The maximum atomic E-state index is 14.1. The molecule has 0 fully saturated rings. The molecule has 1 amide bonds. The number of benzene rings is 1. The number of hydrogen-bond acceptors (Lipinski definition) is 10. The summed E-state index contributed by atoms with van der Waals surface area (Å²) in [5, 5.41) is 13.6. The summed E-state index contributed by atoms with van der Waals surface area (Å²) in [6.07, 6.45) is 4.35. The Labute approximate surface area is 236 Å². The number of ether oxygens (including phenoxy) is 1. The maximum Gasteiger partial charge on any atom is 0.416 e. The number of nitrogens with zero attached hydrogens (tertiary/aromatic N) is 6. The first-order valence-corrected chi connectivity index (χ1v) is 13.9. The van der Waals surface area contributed by atoms with Crippen molar-refractivity contribution in [2.45, 2.75) is 42.6 Å². The molecule has 1 unspecified atom stereocenters. The number of carbonyl (C=O) groups excluding carboxylic acids is 1. The van der Waals surface area contributed by atoms with E-state index in [4.69, 9.17) is 10.5 Å². The molecule has 14 heteroatoms. The molecule has 0 aliphatic rings. The molecule has 13 nitrogen and oxygen atoms in total. The first-order chi connectivity index (χ1) is 19.3. The highest BCUT2D eigenvalue weighted by molar-refractivity contribution is 7.92. The number of carboxylic acids is 1. The van der Waals surface area contributed by atoms with Crippen LogP contribution >= 0.6 is 0 Å². The highest BCUT2D eigenvalue weighted by Crippen LogP contribution is 2.34. The first-order valence-electron chi connectivity index (χ1n) is 12.4. The zero-order valence-electron chi connectivity index (χ0n) is 22.6. The first kappa shape index (κ1) is 29.3. The molecule has 0 saturated heterocycles. The van der Waals surface area contributed by atoms with Gasteiger partial charge in [0.1, 0.15) is 30.6 Å². The van der Waals surface area contributed by atoms with Crippen molar-refractivity contribution in [1.82, 2.24) is 24.7 Å². The average molecular weight is 580 g/mol. The minimum atomic E-state index is -4.35. The van der Waals surface area contributed by atoms with Crippen LogP contribution in [0, 0.1) is 0 Å². The van der Waals surface area contributed by atoms with Gasteiger partial charge in [0.25, 0.3) is 0 Å². The van der Waals surface area contributed by atoms with E-state index in [2.05, 4.69) is 20.1 Å². The van der Waals surface area contributed by atoms with Crippen LogP contribution in [0.1, 0.15) is 32.0 Å². The van der Waals surface area contributed by atoms with Crippen LogP contribution in [0.15, 0.2) is 84.5 Å². The van der Waals surface area contributed by atoms with Crippen LogP contribution in [0.3, 0.4) is 0 Å². The Bertz CT molecular complexity index is 1620. The van der Waals surface area contributed by atoms with Gasteiger partial charge in [-0.3, -0.25) is 14.7 Å². The summed E-state index contributed by atoms with van der Waals surface area (Å²) in [5.74, 6) is -1.46. The number of nitrogens with two attached hydrogens (primary N) is 1. The van der Waals surface area contributed by atoms with Crippen molar-refractivity contribution in [3.05, 3.63) is 90.9 Å². The largest absolute Gasteiger partial charge is 0.480 e. The number of amides is 1. The zero-order valence-corrected chi connectivity index (χ0v) is 23.4. The minimum absolute atomic E-state index is 0.113. The van der Waals surface area contributed by atoms with Crippen LogP contribution in [-0.4, -0.2) is 62.5 Å². The Morgan fingerprint density at radius 2 is 1.78 bits per heavy atom. The number of pyridine rings is 2. The maximum absolute atomic E-state index is 14.1. The van der Waals surface area contributed by atoms with Gasteiger partial charge in [0, 0.05) is 18.8 Å². The zero-order chi connectivity index (χ0) is 29.8. The van der Waals surface area contributed by atoms with Crippen LogP contribution < -0.4 is 10.6 Å². The number of hydrogen-bond donors (Lipinski definition) is 2. The summed E-state index contributed by atoms with van der Waals surface area (Å²) in [6, 6.07) is 14.0. The van der Waals surface area contributed by atoms with Crippen LogP contribution in [-0.2, 0) is 30.7 Å². The number of aromatic nitrogens is 5. The Morgan fingerprint density at radius 1 is 1.05 bits per heavy atom. The Balaban J connectivity index is 1.81. The highest BCUT2D eigenvalue weighted by Gasteiger charge is 2.45. The van der Waals surface area contributed by atoms with Crippen LogP contribution in [0.2, 0.25) is 0 Å². The SMILES string of the molecule is CC(C)(C)OC(=O)N(CC(=O)O)c1cccc(C(N)(Cc2ccc(-n3cncn3)cc2)S(=O)(=O)c2cccnc2)n1. The molecule has 3 N–H and O–H groups in total. The fourth-order valence-corrected chi connectivity index (χ4v) is 5.58. The standard InChI is InChI=1S/C27H29N7O6S/c1-26(2,3)40-25(37)33(16-24(35)36)23-8-4-7-22(32-23)27(28,41(38,39)21-6-5-13-29-15-21)14-19-9-11-20(12-10-19)34-18-30-17-31-34/h4-13,15,17-18H,14,16,28H2,1-3H3,(H,35,36). The lowest BCUT2D eigenvalue weighted by molar-refractivity contribution is -0.135. The lowest BCUT2D eigenvalue weighted by Gasteiger charge is -2.30. The van der Waals surface area contributed by atoms with E-state index in [1.807, 2.05) is 0 Å². The van der Waals surface area contributed by atoms with E-state index < -0.39 is 38.9 Å². The fourth-order valence-electron chi connectivity index (χ4n) is 3.95. The summed E-state index contributed by atoms with van der Waals surface area (Å²) in [7, 11) is -4.35. The van der Waals surface area contributed by atoms with Gasteiger partial charge in [-0.15, -0.1) is 0 Å². The summed E-state index contributed by atoms with van der Waals surface area (Å²) in [5.41, 5.74) is 7.01. The van der Waals surface area contributed by atoms with Crippen LogP contribution in [0.4, 0.5) is 10.6 Å². The normalized spacial score (nSPS) is 13.3. The molecule has 3 heterocycles. The Kier molecular flexibility index (Phi) is 8.17. The molecule has 0 aliphatic heterocycles. The number of carboxylic acid groups (broad SMARTS) is 1. The number of sulfone groups is 1. The van der Waals surface area contributed by atoms with E-state index in [1.165, 1.54) is 55.4 Å². The number of aliphatic carboxylic acids is 1.